The lowest BCUT2D eigenvalue weighted by Crippen LogP contribution is -2.51. The van der Waals surface area contributed by atoms with Gasteiger partial charge in [0.25, 0.3) is 0 Å². The van der Waals surface area contributed by atoms with Gasteiger partial charge >= 0.3 is 0 Å². The summed E-state index contributed by atoms with van der Waals surface area (Å²) in [6.45, 7) is 5.47. The molecule has 24 heavy (non-hydrogen) atoms. The largest absolute Gasteiger partial charge is 0.389 e. The molecule has 2 fully saturated rings. The van der Waals surface area contributed by atoms with Gasteiger partial charge in [0.2, 0.25) is 0 Å². The molecule has 0 atom stereocenters. The Morgan fingerprint density at radius 3 is 2.58 bits per heavy atom. The lowest BCUT2D eigenvalue weighted by Gasteiger charge is -2.40. The molecule has 1 heterocycles. The van der Waals surface area contributed by atoms with E-state index in [-0.39, 0.29) is 6.10 Å². The Morgan fingerprint density at radius 1 is 1.29 bits per heavy atom. The molecule has 130 valence electrons. The zero-order valence-electron chi connectivity index (χ0n) is 14.3. The van der Waals surface area contributed by atoms with Crippen molar-refractivity contribution in [3.63, 3.8) is 0 Å². The fourth-order valence-corrected chi connectivity index (χ4v) is 3.65. The number of anilines is 2. The predicted molar refractivity (Wildman–Crippen MR) is 98.6 cm³/mol. The maximum absolute atomic E-state index is 11.4. The van der Waals surface area contributed by atoms with Crippen molar-refractivity contribution in [2.45, 2.75) is 44.2 Å². The van der Waals surface area contributed by atoms with Gasteiger partial charge in [-0.2, -0.15) is 0 Å². The number of hydrogen-bond donors (Lipinski definition) is 3. The highest BCUT2D eigenvalue weighted by atomic mass is 16.3. The second-order valence-electron chi connectivity index (χ2n) is 6.84. The van der Waals surface area contributed by atoms with E-state index in [0.29, 0.717) is 24.7 Å². The van der Waals surface area contributed by atoms with Crippen molar-refractivity contribution in [3.8, 4) is 0 Å². The van der Waals surface area contributed by atoms with Crippen LogP contribution in [0.15, 0.2) is 18.7 Å². The molecule has 1 aliphatic carbocycles. The Kier molecular flexibility index (Phi) is 5.09. The molecule has 5 heteroatoms. The minimum atomic E-state index is -0.277. The van der Waals surface area contributed by atoms with Crippen molar-refractivity contribution < 1.29 is 9.90 Å². The molecule has 1 aliphatic heterocycles. The SMILES string of the molecule is C=C(NC1CCCCC1)c1cc(C=O)c(NC)cc1N1CC(O)C1. The van der Waals surface area contributed by atoms with Crippen LogP contribution in [0.25, 0.3) is 5.70 Å². The summed E-state index contributed by atoms with van der Waals surface area (Å²) < 4.78 is 0. The van der Waals surface area contributed by atoms with E-state index in [9.17, 15) is 9.90 Å². The third kappa shape index (κ3) is 3.41. The number of aliphatic hydroxyl groups excluding tert-OH is 1. The molecule has 1 saturated carbocycles. The van der Waals surface area contributed by atoms with Crippen LogP contribution >= 0.6 is 0 Å². The van der Waals surface area contributed by atoms with Crippen molar-refractivity contribution >= 4 is 23.4 Å². The molecule has 5 nitrogen and oxygen atoms in total. The van der Waals surface area contributed by atoms with E-state index in [1.807, 2.05) is 19.2 Å². The van der Waals surface area contributed by atoms with Gasteiger partial charge in [0.15, 0.2) is 6.29 Å². The monoisotopic (exact) mass is 329 g/mol. The van der Waals surface area contributed by atoms with Crippen LogP contribution in [0.2, 0.25) is 0 Å². The number of nitrogens with zero attached hydrogens (tertiary/aromatic N) is 1. The summed E-state index contributed by atoms with van der Waals surface area (Å²) >= 11 is 0. The normalized spacial score (nSPS) is 18.8. The summed E-state index contributed by atoms with van der Waals surface area (Å²) in [6, 6.07) is 4.35. The van der Waals surface area contributed by atoms with E-state index in [2.05, 4.69) is 22.1 Å². The van der Waals surface area contributed by atoms with Crippen LogP contribution in [0.5, 0.6) is 0 Å². The highest BCUT2D eigenvalue weighted by Gasteiger charge is 2.28. The van der Waals surface area contributed by atoms with Gasteiger partial charge in [0, 0.05) is 54.4 Å². The molecule has 0 aromatic heterocycles. The number of aliphatic hydroxyl groups is 1. The van der Waals surface area contributed by atoms with Crippen LogP contribution in [0.4, 0.5) is 11.4 Å². The number of β-amino-alcohol motifs (C(OH)–C–C–N with tert-alkyl or cyclic N) is 1. The minimum absolute atomic E-state index is 0.277. The summed E-state index contributed by atoms with van der Waals surface area (Å²) in [5.41, 5.74) is 4.26. The first-order valence-corrected chi connectivity index (χ1v) is 8.82. The van der Waals surface area contributed by atoms with Gasteiger partial charge in [-0.1, -0.05) is 25.8 Å². The summed E-state index contributed by atoms with van der Waals surface area (Å²) in [5.74, 6) is 0. The zero-order chi connectivity index (χ0) is 17.1. The maximum atomic E-state index is 11.4. The number of carbonyl (C=O) groups excluding carboxylic acids is 1. The van der Waals surface area contributed by atoms with Gasteiger partial charge in [-0.25, -0.2) is 0 Å². The van der Waals surface area contributed by atoms with Crippen molar-refractivity contribution in [1.29, 1.82) is 0 Å². The first kappa shape index (κ1) is 16.8. The van der Waals surface area contributed by atoms with Crippen LogP contribution in [-0.4, -0.2) is 43.7 Å². The van der Waals surface area contributed by atoms with Gasteiger partial charge in [-0.05, 0) is 25.0 Å². The van der Waals surface area contributed by atoms with E-state index in [0.717, 1.165) is 28.9 Å². The first-order valence-electron chi connectivity index (χ1n) is 8.82. The second-order valence-corrected chi connectivity index (χ2v) is 6.84. The summed E-state index contributed by atoms with van der Waals surface area (Å²) in [5, 5.41) is 16.3. The fraction of sp³-hybridized carbons (Fsp3) is 0.526. The summed E-state index contributed by atoms with van der Waals surface area (Å²) in [6.07, 6.45) is 6.77. The minimum Gasteiger partial charge on any atom is -0.389 e. The Balaban J connectivity index is 1.88. The fourth-order valence-electron chi connectivity index (χ4n) is 3.65. The van der Waals surface area contributed by atoms with Crippen LogP contribution in [0.3, 0.4) is 0 Å². The van der Waals surface area contributed by atoms with Crippen molar-refractivity contribution in [2.75, 3.05) is 30.4 Å². The number of hydrogen-bond acceptors (Lipinski definition) is 5. The average molecular weight is 329 g/mol. The van der Waals surface area contributed by atoms with Gasteiger partial charge in [-0.15, -0.1) is 0 Å². The van der Waals surface area contributed by atoms with Gasteiger partial charge in [-0.3, -0.25) is 4.79 Å². The summed E-state index contributed by atoms with van der Waals surface area (Å²) in [7, 11) is 1.81. The standard InChI is InChI=1S/C19H27N3O2/c1-13(21-15-6-4-3-5-7-15)17-8-14(12-23)18(20-2)9-19(17)22-10-16(24)11-22/h8-9,12,15-16,20-21,24H,1,3-7,10-11H2,2H3. The molecule has 0 amide bonds. The molecule has 0 bridgehead atoms. The lowest BCUT2D eigenvalue weighted by molar-refractivity contribution is 0.112. The van der Waals surface area contributed by atoms with E-state index in [4.69, 9.17) is 0 Å². The zero-order valence-corrected chi connectivity index (χ0v) is 14.3. The molecular formula is C19H27N3O2. The number of aldehydes is 1. The van der Waals surface area contributed by atoms with E-state index in [1.165, 1.54) is 32.1 Å². The number of rotatable bonds is 6. The summed E-state index contributed by atoms with van der Waals surface area (Å²) in [4.78, 5) is 13.6. The molecule has 3 N–H and O–H groups in total. The lowest BCUT2D eigenvalue weighted by atomic mass is 9.94. The van der Waals surface area contributed by atoms with Crippen molar-refractivity contribution in [1.82, 2.24) is 5.32 Å². The predicted octanol–water partition coefficient (Wildman–Crippen LogP) is 2.61. The Labute approximate surface area is 143 Å². The molecule has 1 aromatic carbocycles. The van der Waals surface area contributed by atoms with Crippen LogP contribution in [-0.2, 0) is 0 Å². The Bertz CT molecular complexity index is 617. The first-order chi connectivity index (χ1) is 11.6. The average Bonchev–Trinajstić information content (AvgIpc) is 2.58. The number of benzene rings is 1. The topological polar surface area (TPSA) is 64.6 Å². The smallest absolute Gasteiger partial charge is 0.152 e. The maximum Gasteiger partial charge on any atom is 0.152 e. The van der Waals surface area contributed by atoms with E-state index < -0.39 is 0 Å². The van der Waals surface area contributed by atoms with Crippen molar-refractivity contribution in [2.24, 2.45) is 0 Å². The third-order valence-electron chi connectivity index (χ3n) is 5.08. The molecular weight excluding hydrogens is 302 g/mol. The third-order valence-corrected chi connectivity index (χ3v) is 5.08. The molecule has 1 saturated heterocycles. The molecule has 0 radical (unpaired) electrons. The van der Waals surface area contributed by atoms with Crippen molar-refractivity contribution in [3.05, 3.63) is 29.8 Å². The molecule has 2 aliphatic rings. The van der Waals surface area contributed by atoms with Gasteiger partial charge < -0.3 is 20.6 Å². The van der Waals surface area contributed by atoms with Crippen LogP contribution < -0.4 is 15.5 Å². The quantitative estimate of drug-likeness (QED) is 0.700. The molecule has 0 unspecified atom stereocenters. The van der Waals surface area contributed by atoms with Gasteiger partial charge in [0.1, 0.15) is 0 Å². The van der Waals surface area contributed by atoms with Crippen LogP contribution in [0.1, 0.15) is 48.0 Å². The second kappa shape index (κ2) is 7.26. The molecule has 3 rings (SSSR count). The highest BCUT2D eigenvalue weighted by Crippen LogP contribution is 2.34. The Morgan fingerprint density at radius 2 is 2.00 bits per heavy atom. The molecule has 1 aromatic rings. The van der Waals surface area contributed by atoms with Gasteiger partial charge in [0.05, 0.1) is 6.10 Å². The number of carbonyl (C=O) groups is 1. The Hall–Kier alpha value is -2.01. The van der Waals surface area contributed by atoms with E-state index >= 15 is 0 Å². The van der Waals surface area contributed by atoms with E-state index in [1.54, 1.807) is 0 Å². The van der Waals surface area contributed by atoms with Crippen LogP contribution in [0, 0.1) is 0 Å². The number of nitrogens with one attached hydrogen (secondary N) is 2. The highest BCUT2D eigenvalue weighted by molar-refractivity contribution is 5.90. The molecule has 0 spiro atoms.